The molecule has 2 N–H and O–H groups in total. The molecule has 1 atom stereocenters. The van der Waals surface area contributed by atoms with Crippen molar-refractivity contribution in [1.82, 2.24) is 0 Å². The van der Waals surface area contributed by atoms with Gasteiger partial charge in [-0.25, -0.2) is 4.79 Å². The lowest BCUT2D eigenvalue weighted by atomic mass is 10.1. The molecule has 5 heteroatoms. The predicted octanol–water partition coefficient (Wildman–Crippen LogP) is 2.76. The van der Waals surface area contributed by atoms with Crippen molar-refractivity contribution in [3.8, 4) is 0 Å². The lowest BCUT2D eigenvalue weighted by Crippen LogP contribution is -2.26. The summed E-state index contributed by atoms with van der Waals surface area (Å²) in [7, 11) is 0. The van der Waals surface area contributed by atoms with Gasteiger partial charge in [-0.05, 0) is 47.3 Å². The molecule has 0 aromatic heterocycles. The number of ether oxygens (including phenoxy) is 2. The van der Waals surface area contributed by atoms with E-state index in [2.05, 4.69) is 15.9 Å². The summed E-state index contributed by atoms with van der Waals surface area (Å²) in [5.74, 6) is -0.372. The van der Waals surface area contributed by atoms with E-state index >= 15 is 0 Å². The number of anilines is 1. The fraction of sp³-hybridized carbons (Fsp3) is 0.462. The number of nitrogen functional groups attached to an aromatic ring is 1. The molecule has 0 bridgehead atoms. The first-order chi connectivity index (χ1) is 8.68. The zero-order chi connectivity index (χ0) is 13.0. The molecule has 0 aliphatic carbocycles. The Hall–Kier alpha value is -1.07. The Balaban J connectivity index is 1.93. The van der Waals surface area contributed by atoms with E-state index in [1.807, 2.05) is 0 Å². The number of hydrogen-bond donors (Lipinski definition) is 1. The van der Waals surface area contributed by atoms with Gasteiger partial charge in [-0.1, -0.05) is 6.07 Å². The van der Waals surface area contributed by atoms with Crippen molar-refractivity contribution >= 4 is 27.6 Å². The van der Waals surface area contributed by atoms with Crippen LogP contribution < -0.4 is 5.73 Å². The Morgan fingerprint density at radius 2 is 2.33 bits per heavy atom. The van der Waals surface area contributed by atoms with E-state index < -0.39 is 0 Å². The van der Waals surface area contributed by atoms with Crippen LogP contribution >= 0.6 is 15.9 Å². The molecule has 18 heavy (non-hydrogen) atoms. The van der Waals surface area contributed by atoms with Crippen molar-refractivity contribution in [2.75, 3.05) is 18.9 Å². The number of halogens is 1. The van der Waals surface area contributed by atoms with E-state index in [1.54, 1.807) is 18.2 Å². The third-order valence-corrected chi connectivity index (χ3v) is 3.81. The summed E-state index contributed by atoms with van der Waals surface area (Å²) in [5.41, 5.74) is 6.69. The van der Waals surface area contributed by atoms with E-state index in [9.17, 15) is 4.79 Å². The van der Waals surface area contributed by atoms with Gasteiger partial charge in [-0.3, -0.25) is 0 Å². The molecule has 4 nitrogen and oxygen atoms in total. The van der Waals surface area contributed by atoms with E-state index in [1.165, 1.54) is 0 Å². The fourth-order valence-electron chi connectivity index (χ4n) is 1.89. The minimum atomic E-state index is -0.372. The smallest absolute Gasteiger partial charge is 0.339 e. The van der Waals surface area contributed by atoms with Crippen LogP contribution in [0.1, 0.15) is 29.6 Å². The largest absolute Gasteiger partial charge is 0.459 e. The second-order valence-electron chi connectivity index (χ2n) is 4.30. The molecule has 1 aromatic carbocycles. The summed E-state index contributed by atoms with van der Waals surface area (Å²) in [5, 5.41) is 0. The highest BCUT2D eigenvalue weighted by Crippen LogP contribution is 2.24. The molecule has 0 saturated carbocycles. The molecule has 1 fully saturated rings. The normalized spacial score (nSPS) is 19.5. The van der Waals surface area contributed by atoms with Gasteiger partial charge in [0.25, 0.3) is 0 Å². The summed E-state index contributed by atoms with van der Waals surface area (Å²) in [4.78, 5) is 11.9. The maximum Gasteiger partial charge on any atom is 0.339 e. The standard InChI is InChI=1S/C13H16BrNO3/c14-12-10(5-3-6-11(12)15)13(16)18-8-9-4-1-2-7-17-9/h3,5-6,9H,1-2,4,7-8,15H2. The van der Waals surface area contributed by atoms with Crippen LogP contribution in [-0.2, 0) is 9.47 Å². The van der Waals surface area contributed by atoms with Gasteiger partial charge in [0, 0.05) is 12.3 Å². The highest BCUT2D eigenvalue weighted by Gasteiger charge is 2.18. The van der Waals surface area contributed by atoms with E-state index in [0.29, 0.717) is 22.3 Å². The molecule has 1 aliphatic rings. The van der Waals surface area contributed by atoms with Crippen LogP contribution in [0.3, 0.4) is 0 Å². The van der Waals surface area contributed by atoms with Crippen LogP contribution in [0.5, 0.6) is 0 Å². The lowest BCUT2D eigenvalue weighted by Gasteiger charge is -2.22. The third-order valence-electron chi connectivity index (χ3n) is 2.92. The maximum absolute atomic E-state index is 11.9. The van der Waals surface area contributed by atoms with Crippen LogP contribution in [0.25, 0.3) is 0 Å². The highest BCUT2D eigenvalue weighted by atomic mass is 79.9. The van der Waals surface area contributed by atoms with Crippen molar-refractivity contribution in [2.45, 2.75) is 25.4 Å². The zero-order valence-electron chi connectivity index (χ0n) is 10.0. The van der Waals surface area contributed by atoms with Crippen molar-refractivity contribution in [2.24, 2.45) is 0 Å². The summed E-state index contributed by atoms with van der Waals surface area (Å²) in [6.07, 6.45) is 3.20. The Kier molecular flexibility index (Phi) is 4.60. The highest BCUT2D eigenvalue weighted by molar-refractivity contribution is 9.10. The summed E-state index contributed by atoms with van der Waals surface area (Å²) in [6, 6.07) is 5.14. The number of rotatable bonds is 3. The van der Waals surface area contributed by atoms with Gasteiger partial charge < -0.3 is 15.2 Å². The number of esters is 1. The molecule has 1 unspecified atom stereocenters. The quantitative estimate of drug-likeness (QED) is 0.688. The Labute approximate surface area is 115 Å². The summed E-state index contributed by atoms with van der Waals surface area (Å²) in [6.45, 7) is 1.06. The third kappa shape index (κ3) is 3.23. The van der Waals surface area contributed by atoms with Gasteiger partial charge in [0.15, 0.2) is 0 Å². The van der Waals surface area contributed by atoms with Crippen LogP contribution in [0, 0.1) is 0 Å². The first-order valence-electron chi connectivity index (χ1n) is 6.01. The Bertz CT molecular complexity index is 430. The molecule has 2 rings (SSSR count). The molecule has 1 heterocycles. The topological polar surface area (TPSA) is 61.6 Å². The zero-order valence-corrected chi connectivity index (χ0v) is 11.6. The molecule has 0 amide bonds. The van der Waals surface area contributed by atoms with Crippen molar-refractivity contribution in [3.63, 3.8) is 0 Å². The fourth-order valence-corrected chi connectivity index (χ4v) is 2.32. The van der Waals surface area contributed by atoms with Crippen LogP contribution in [0.2, 0.25) is 0 Å². The average Bonchev–Trinajstić information content (AvgIpc) is 2.40. The average molecular weight is 314 g/mol. The number of carbonyl (C=O) groups is 1. The van der Waals surface area contributed by atoms with E-state index in [4.69, 9.17) is 15.2 Å². The molecule has 98 valence electrons. The van der Waals surface area contributed by atoms with Gasteiger partial charge in [-0.15, -0.1) is 0 Å². The second kappa shape index (κ2) is 6.20. The van der Waals surface area contributed by atoms with Crippen LogP contribution in [0.15, 0.2) is 22.7 Å². The number of nitrogens with two attached hydrogens (primary N) is 1. The van der Waals surface area contributed by atoms with E-state index in [-0.39, 0.29) is 12.1 Å². The van der Waals surface area contributed by atoms with Gasteiger partial charge in [0.2, 0.25) is 0 Å². The predicted molar refractivity (Wildman–Crippen MR) is 72.4 cm³/mol. The second-order valence-corrected chi connectivity index (χ2v) is 5.09. The number of hydrogen-bond acceptors (Lipinski definition) is 4. The molecule has 1 aromatic rings. The van der Waals surface area contributed by atoms with Gasteiger partial charge in [0.05, 0.1) is 16.1 Å². The van der Waals surface area contributed by atoms with Crippen LogP contribution in [-0.4, -0.2) is 25.3 Å². The van der Waals surface area contributed by atoms with Crippen LogP contribution in [0.4, 0.5) is 5.69 Å². The number of carbonyl (C=O) groups excluding carboxylic acids is 1. The summed E-state index contributed by atoms with van der Waals surface area (Å²) < 4.78 is 11.3. The van der Waals surface area contributed by atoms with Gasteiger partial charge >= 0.3 is 5.97 Å². The van der Waals surface area contributed by atoms with Gasteiger partial charge in [-0.2, -0.15) is 0 Å². The number of benzene rings is 1. The maximum atomic E-state index is 11.9. The first kappa shape index (κ1) is 13.4. The van der Waals surface area contributed by atoms with Gasteiger partial charge in [0.1, 0.15) is 6.61 Å². The molecule has 0 spiro atoms. The first-order valence-corrected chi connectivity index (χ1v) is 6.80. The molecule has 0 radical (unpaired) electrons. The molecular formula is C13H16BrNO3. The monoisotopic (exact) mass is 313 g/mol. The minimum Gasteiger partial charge on any atom is -0.459 e. The van der Waals surface area contributed by atoms with Crippen molar-refractivity contribution < 1.29 is 14.3 Å². The SMILES string of the molecule is Nc1cccc(C(=O)OCC2CCCCO2)c1Br. The van der Waals surface area contributed by atoms with Crippen molar-refractivity contribution in [3.05, 3.63) is 28.2 Å². The Morgan fingerprint density at radius 1 is 1.50 bits per heavy atom. The minimum absolute atomic E-state index is 0.0301. The summed E-state index contributed by atoms with van der Waals surface area (Å²) >= 11 is 3.29. The van der Waals surface area contributed by atoms with Crippen molar-refractivity contribution in [1.29, 1.82) is 0 Å². The molecule has 1 aliphatic heterocycles. The lowest BCUT2D eigenvalue weighted by molar-refractivity contribution is -0.0300. The molecular weight excluding hydrogens is 298 g/mol. The van der Waals surface area contributed by atoms with E-state index in [0.717, 1.165) is 25.9 Å². The Morgan fingerprint density at radius 3 is 3.06 bits per heavy atom. The molecule has 1 saturated heterocycles.